The maximum atomic E-state index is 14.7. The number of nitrogens with zero attached hydrogens (tertiary/aromatic N) is 5. The van der Waals surface area contributed by atoms with E-state index < -0.39 is 6.17 Å². The third-order valence-corrected chi connectivity index (χ3v) is 5.68. The molecule has 9 nitrogen and oxygen atoms in total. The van der Waals surface area contributed by atoms with Crippen molar-refractivity contribution >= 4 is 28.4 Å². The first-order valence-electron chi connectivity index (χ1n) is 10.1. The van der Waals surface area contributed by atoms with Gasteiger partial charge in [0.25, 0.3) is 5.91 Å². The van der Waals surface area contributed by atoms with Gasteiger partial charge in [-0.15, -0.1) is 0 Å². The summed E-state index contributed by atoms with van der Waals surface area (Å²) in [6.45, 7) is 0.582. The molecule has 1 aliphatic rings. The Kier molecular flexibility index (Phi) is 4.78. The zero-order chi connectivity index (χ0) is 21.5. The summed E-state index contributed by atoms with van der Waals surface area (Å²) in [7, 11) is 3.34. The Hall–Kier alpha value is -3.53. The molecule has 2 atom stereocenters. The van der Waals surface area contributed by atoms with E-state index in [9.17, 15) is 9.18 Å². The zero-order valence-electron chi connectivity index (χ0n) is 17.2. The molecular weight excluding hydrogens is 401 g/mol. The van der Waals surface area contributed by atoms with Crippen molar-refractivity contribution in [2.75, 3.05) is 32.6 Å². The van der Waals surface area contributed by atoms with Gasteiger partial charge in [0.1, 0.15) is 23.2 Å². The average molecular weight is 423 g/mol. The van der Waals surface area contributed by atoms with Gasteiger partial charge in [-0.2, -0.15) is 9.61 Å². The van der Waals surface area contributed by atoms with Crippen LogP contribution in [0.4, 0.5) is 10.2 Å². The lowest BCUT2D eigenvalue weighted by Crippen LogP contribution is -2.31. The summed E-state index contributed by atoms with van der Waals surface area (Å²) in [5, 5.41) is 10.9. The monoisotopic (exact) mass is 423 g/mol. The zero-order valence-corrected chi connectivity index (χ0v) is 17.2. The van der Waals surface area contributed by atoms with Gasteiger partial charge in [0.05, 0.1) is 24.5 Å². The summed E-state index contributed by atoms with van der Waals surface area (Å²) in [6.07, 6.45) is 4.54. The van der Waals surface area contributed by atoms with Crippen molar-refractivity contribution in [1.29, 1.82) is 0 Å². The van der Waals surface area contributed by atoms with Crippen molar-refractivity contribution < 1.29 is 13.9 Å². The minimum Gasteiger partial charge on any atom is -0.378 e. The summed E-state index contributed by atoms with van der Waals surface area (Å²) in [4.78, 5) is 21.6. The average Bonchev–Trinajstić information content (AvgIpc) is 3.40. The highest BCUT2D eigenvalue weighted by atomic mass is 19.1. The summed E-state index contributed by atoms with van der Waals surface area (Å²) in [5.74, 6) is 0.405. The molecule has 5 rings (SSSR count). The van der Waals surface area contributed by atoms with E-state index in [0.717, 1.165) is 10.9 Å². The molecule has 10 heteroatoms. The van der Waals surface area contributed by atoms with Crippen molar-refractivity contribution in [2.45, 2.75) is 18.6 Å². The van der Waals surface area contributed by atoms with Gasteiger partial charge in [-0.25, -0.2) is 14.4 Å². The number of fused-ring (bicyclic) bond motifs is 2. The van der Waals surface area contributed by atoms with E-state index in [0.29, 0.717) is 41.4 Å². The number of pyridine rings is 1. The number of alkyl halides is 1. The smallest absolute Gasteiger partial charge is 0.256 e. The number of aromatic nitrogens is 5. The Labute approximate surface area is 177 Å². The van der Waals surface area contributed by atoms with Gasteiger partial charge >= 0.3 is 0 Å². The minimum absolute atomic E-state index is 0.0753. The molecule has 1 saturated heterocycles. The van der Waals surface area contributed by atoms with Crippen LogP contribution in [0.15, 0.2) is 36.8 Å². The van der Waals surface area contributed by atoms with E-state index in [1.165, 1.54) is 6.20 Å². The minimum atomic E-state index is -1.11. The van der Waals surface area contributed by atoms with E-state index in [4.69, 9.17) is 9.72 Å². The van der Waals surface area contributed by atoms with Gasteiger partial charge in [0.2, 0.25) is 0 Å². The first-order valence-corrected chi connectivity index (χ1v) is 10.1. The number of carbonyl (C=O) groups is 1. The molecule has 1 amide bonds. The second-order valence-corrected chi connectivity index (χ2v) is 7.42. The van der Waals surface area contributed by atoms with Crippen molar-refractivity contribution in [3.8, 4) is 11.3 Å². The standard InChI is InChI=1S/C21H22FN7O2/c1-23-18-8-16(27-20-13(21(30)24-2)9-26-29(18)20)14-10-28(17-5-7-31-11-15(17)22)19-12(14)4-3-6-25-19/h3-4,6,8-10,15,17,23H,5,7,11H2,1-2H3,(H,24,30)/t15-,17+/m0/s1. The van der Waals surface area contributed by atoms with Crippen molar-refractivity contribution in [3.63, 3.8) is 0 Å². The highest BCUT2D eigenvalue weighted by Gasteiger charge is 2.29. The lowest BCUT2D eigenvalue weighted by atomic mass is 10.1. The SMILES string of the molecule is CNC(=O)c1cnn2c(NC)cc(-c3cn([C@@H]4CCOC[C@@H]4F)c4ncccc34)nc12. The fourth-order valence-electron chi connectivity index (χ4n) is 4.12. The second kappa shape index (κ2) is 7.62. The third-order valence-electron chi connectivity index (χ3n) is 5.68. The topological polar surface area (TPSA) is 98.4 Å². The molecule has 31 heavy (non-hydrogen) atoms. The maximum Gasteiger partial charge on any atom is 0.256 e. The highest BCUT2D eigenvalue weighted by Crippen LogP contribution is 2.35. The summed E-state index contributed by atoms with van der Waals surface area (Å²) < 4.78 is 23.4. The number of hydrogen-bond acceptors (Lipinski definition) is 6. The maximum absolute atomic E-state index is 14.7. The van der Waals surface area contributed by atoms with Gasteiger partial charge < -0.3 is 19.9 Å². The number of ether oxygens (including phenoxy) is 1. The molecule has 0 aliphatic carbocycles. The van der Waals surface area contributed by atoms with E-state index in [1.807, 2.05) is 29.0 Å². The van der Waals surface area contributed by atoms with Gasteiger partial charge in [-0.05, 0) is 18.6 Å². The Bertz CT molecular complexity index is 1280. The predicted molar refractivity (Wildman–Crippen MR) is 114 cm³/mol. The van der Waals surface area contributed by atoms with Crippen molar-refractivity contribution in [3.05, 3.63) is 42.4 Å². The number of hydrogen-bond donors (Lipinski definition) is 2. The van der Waals surface area contributed by atoms with Crippen LogP contribution in [0.1, 0.15) is 22.8 Å². The molecule has 0 spiro atoms. The highest BCUT2D eigenvalue weighted by molar-refractivity contribution is 6.00. The van der Waals surface area contributed by atoms with Gasteiger partial charge in [0, 0.05) is 50.1 Å². The fraction of sp³-hybridized carbons (Fsp3) is 0.333. The first-order chi connectivity index (χ1) is 15.1. The van der Waals surface area contributed by atoms with Crippen LogP contribution in [0.25, 0.3) is 27.9 Å². The molecule has 1 aliphatic heterocycles. The Balaban J connectivity index is 1.73. The summed E-state index contributed by atoms with van der Waals surface area (Å²) in [6, 6.07) is 5.29. The Morgan fingerprint density at radius 1 is 1.32 bits per heavy atom. The largest absolute Gasteiger partial charge is 0.378 e. The fourth-order valence-corrected chi connectivity index (χ4v) is 4.12. The molecule has 160 valence electrons. The lowest BCUT2D eigenvalue weighted by Gasteiger charge is -2.27. The quantitative estimate of drug-likeness (QED) is 0.523. The molecule has 0 saturated carbocycles. The summed E-state index contributed by atoms with van der Waals surface area (Å²) >= 11 is 0. The van der Waals surface area contributed by atoms with Crippen LogP contribution in [-0.4, -0.2) is 63.5 Å². The van der Waals surface area contributed by atoms with Gasteiger partial charge in [0.15, 0.2) is 5.65 Å². The van der Waals surface area contributed by atoms with Crippen LogP contribution in [0.5, 0.6) is 0 Å². The molecule has 0 aromatic carbocycles. The normalized spacial score (nSPS) is 19.1. The number of amides is 1. The number of carbonyl (C=O) groups excluding carboxylic acids is 1. The molecule has 4 aromatic heterocycles. The van der Waals surface area contributed by atoms with Crippen LogP contribution in [0.3, 0.4) is 0 Å². The Morgan fingerprint density at radius 3 is 2.97 bits per heavy atom. The van der Waals surface area contributed by atoms with Crippen molar-refractivity contribution in [1.82, 2.24) is 29.5 Å². The number of anilines is 1. The second-order valence-electron chi connectivity index (χ2n) is 7.42. The number of nitrogens with one attached hydrogen (secondary N) is 2. The molecule has 2 N–H and O–H groups in total. The van der Waals surface area contributed by atoms with E-state index in [-0.39, 0.29) is 18.6 Å². The molecule has 5 heterocycles. The van der Waals surface area contributed by atoms with E-state index in [1.54, 1.807) is 24.8 Å². The molecule has 4 aromatic rings. The lowest BCUT2D eigenvalue weighted by molar-refractivity contribution is 0.00443. The van der Waals surface area contributed by atoms with Crippen LogP contribution in [-0.2, 0) is 4.74 Å². The van der Waals surface area contributed by atoms with Crippen molar-refractivity contribution in [2.24, 2.45) is 0 Å². The third kappa shape index (κ3) is 3.10. The van der Waals surface area contributed by atoms with Gasteiger partial charge in [-0.3, -0.25) is 4.79 Å². The van der Waals surface area contributed by atoms with Crippen LogP contribution < -0.4 is 10.6 Å². The first kappa shape index (κ1) is 19.4. The molecule has 0 bridgehead atoms. The Morgan fingerprint density at radius 2 is 2.19 bits per heavy atom. The molecule has 1 fully saturated rings. The molecule has 0 radical (unpaired) electrons. The predicted octanol–water partition coefficient (Wildman–Crippen LogP) is 2.45. The van der Waals surface area contributed by atoms with E-state index in [2.05, 4.69) is 20.7 Å². The van der Waals surface area contributed by atoms with Crippen LogP contribution in [0, 0.1) is 0 Å². The van der Waals surface area contributed by atoms with Gasteiger partial charge in [-0.1, -0.05) is 0 Å². The summed E-state index contributed by atoms with van der Waals surface area (Å²) in [5.41, 5.74) is 2.95. The number of halogens is 1. The molecular formula is C21H22FN7O2. The molecule has 0 unspecified atom stereocenters. The van der Waals surface area contributed by atoms with Crippen LogP contribution in [0.2, 0.25) is 0 Å². The van der Waals surface area contributed by atoms with Crippen LogP contribution >= 0.6 is 0 Å². The number of rotatable bonds is 4. The van der Waals surface area contributed by atoms with E-state index >= 15 is 0 Å².